The molecule has 1 aliphatic rings. The summed E-state index contributed by atoms with van der Waals surface area (Å²) in [5, 5.41) is 5.34. The zero-order valence-electron chi connectivity index (χ0n) is 13.2. The third-order valence-electron chi connectivity index (χ3n) is 4.28. The summed E-state index contributed by atoms with van der Waals surface area (Å²) >= 11 is 3.48. The van der Waals surface area contributed by atoms with Crippen molar-refractivity contribution in [3.63, 3.8) is 0 Å². The molecule has 2 aromatic heterocycles. The zero-order chi connectivity index (χ0) is 16.7. The van der Waals surface area contributed by atoms with Crippen LogP contribution in [0.15, 0.2) is 41.0 Å². The molecular formula is C18H16BrN3O2. The molecule has 5 nitrogen and oxygen atoms in total. The fraction of sp³-hybridized carbons (Fsp3) is 0.278. The molecule has 1 fully saturated rings. The number of halogens is 1. The number of ether oxygens (including phenoxy) is 1. The molecule has 1 aromatic carbocycles. The molecule has 0 saturated heterocycles. The van der Waals surface area contributed by atoms with E-state index in [0.717, 1.165) is 33.2 Å². The molecule has 0 N–H and O–H groups in total. The molecule has 0 radical (unpaired) electrons. The molecule has 0 unspecified atom stereocenters. The van der Waals surface area contributed by atoms with Crippen molar-refractivity contribution in [2.75, 3.05) is 7.11 Å². The molecule has 24 heavy (non-hydrogen) atoms. The molecular weight excluding hydrogens is 370 g/mol. The maximum absolute atomic E-state index is 12.3. The van der Waals surface area contributed by atoms with Crippen molar-refractivity contribution < 1.29 is 9.53 Å². The number of methoxy groups -OCH3 is 1. The van der Waals surface area contributed by atoms with Gasteiger partial charge in [0.2, 0.25) is 0 Å². The van der Waals surface area contributed by atoms with Gasteiger partial charge in [-0.15, -0.1) is 0 Å². The molecule has 1 aliphatic carbocycles. The highest BCUT2D eigenvalue weighted by atomic mass is 79.9. The van der Waals surface area contributed by atoms with Gasteiger partial charge in [0.1, 0.15) is 0 Å². The lowest BCUT2D eigenvalue weighted by molar-refractivity contribution is 0.0595. The lowest BCUT2D eigenvalue weighted by Crippen LogP contribution is -2.05. The summed E-state index contributed by atoms with van der Waals surface area (Å²) in [6.07, 6.45) is 5.12. The Morgan fingerprint density at radius 3 is 2.92 bits per heavy atom. The van der Waals surface area contributed by atoms with E-state index in [1.165, 1.54) is 20.0 Å². The largest absolute Gasteiger partial charge is 0.464 e. The highest BCUT2D eigenvalue weighted by Crippen LogP contribution is 2.35. The Bertz CT molecular complexity index is 931. The average molecular weight is 386 g/mol. The predicted molar refractivity (Wildman–Crippen MR) is 94.3 cm³/mol. The Morgan fingerprint density at radius 2 is 2.21 bits per heavy atom. The number of hydrogen-bond donors (Lipinski definition) is 0. The second-order valence-electron chi connectivity index (χ2n) is 6.03. The first-order valence-corrected chi connectivity index (χ1v) is 8.67. The Hall–Kier alpha value is -2.21. The van der Waals surface area contributed by atoms with Crippen LogP contribution in [0.5, 0.6) is 0 Å². The minimum Gasteiger partial charge on any atom is -0.464 e. The predicted octanol–water partition coefficient (Wildman–Crippen LogP) is 3.92. The second kappa shape index (κ2) is 6.02. The molecule has 122 valence electrons. The van der Waals surface area contributed by atoms with Crippen molar-refractivity contribution in [3.05, 3.63) is 52.4 Å². The highest BCUT2D eigenvalue weighted by Gasteiger charge is 2.27. The van der Waals surface area contributed by atoms with Crippen LogP contribution in [0.2, 0.25) is 0 Å². The summed E-state index contributed by atoms with van der Waals surface area (Å²) in [4.78, 5) is 16.8. The molecule has 0 aliphatic heterocycles. The van der Waals surface area contributed by atoms with Crippen LogP contribution in [0.3, 0.4) is 0 Å². The number of rotatable bonds is 4. The first-order chi connectivity index (χ1) is 11.7. The van der Waals surface area contributed by atoms with Gasteiger partial charge < -0.3 is 4.74 Å². The fourth-order valence-electron chi connectivity index (χ4n) is 2.93. The maximum Gasteiger partial charge on any atom is 0.359 e. The first kappa shape index (κ1) is 15.3. The Morgan fingerprint density at radius 1 is 1.38 bits per heavy atom. The van der Waals surface area contributed by atoms with Crippen molar-refractivity contribution >= 4 is 32.8 Å². The number of fused-ring (bicyclic) bond motifs is 1. The van der Waals surface area contributed by atoms with E-state index >= 15 is 0 Å². The number of carbonyl (C=O) groups excluding carboxylic acids is 1. The second-order valence-corrected chi connectivity index (χ2v) is 6.95. The monoisotopic (exact) mass is 385 g/mol. The van der Waals surface area contributed by atoms with Crippen molar-refractivity contribution in [1.82, 2.24) is 14.8 Å². The minimum absolute atomic E-state index is 0.330. The number of aromatic nitrogens is 3. The van der Waals surface area contributed by atoms with Gasteiger partial charge in [-0.25, -0.2) is 9.48 Å². The first-order valence-electron chi connectivity index (χ1n) is 7.88. The Kier molecular flexibility index (Phi) is 3.84. The van der Waals surface area contributed by atoms with Gasteiger partial charge >= 0.3 is 5.97 Å². The van der Waals surface area contributed by atoms with E-state index < -0.39 is 5.97 Å². The zero-order valence-corrected chi connectivity index (χ0v) is 14.8. The fourth-order valence-corrected chi connectivity index (χ4v) is 3.31. The summed E-state index contributed by atoms with van der Waals surface area (Å²) in [7, 11) is 1.38. The number of pyridine rings is 1. The van der Waals surface area contributed by atoms with Crippen LogP contribution in [0.1, 0.15) is 29.0 Å². The molecule has 2 heterocycles. The van der Waals surface area contributed by atoms with Gasteiger partial charge in [0.05, 0.1) is 29.4 Å². The summed E-state index contributed by atoms with van der Waals surface area (Å²) in [5.41, 5.74) is 3.01. The standard InChI is InChI=1S/C18H16BrN3O2/c1-24-18(23)17-16-14(9-11-5-6-11)20-8-7-15(16)22(21-17)13-4-2-3-12(19)10-13/h2-4,7-8,10-11H,5-6,9H2,1H3. The topological polar surface area (TPSA) is 57.0 Å². The quantitative estimate of drug-likeness (QED) is 0.638. The minimum atomic E-state index is -0.432. The van der Waals surface area contributed by atoms with Crippen molar-refractivity contribution in [2.24, 2.45) is 5.92 Å². The van der Waals surface area contributed by atoms with E-state index in [4.69, 9.17) is 4.74 Å². The van der Waals surface area contributed by atoms with E-state index in [9.17, 15) is 4.79 Å². The van der Waals surface area contributed by atoms with Crippen LogP contribution in [0, 0.1) is 5.92 Å². The molecule has 0 atom stereocenters. The normalized spacial score (nSPS) is 14.1. The number of hydrogen-bond acceptors (Lipinski definition) is 4. The Labute approximate surface area is 147 Å². The van der Waals surface area contributed by atoms with E-state index in [1.54, 1.807) is 10.9 Å². The number of esters is 1. The van der Waals surface area contributed by atoms with Gasteiger partial charge in [-0.05, 0) is 49.4 Å². The summed E-state index contributed by atoms with van der Waals surface area (Å²) in [6, 6.07) is 9.72. The van der Waals surface area contributed by atoms with E-state index in [1.807, 2.05) is 30.3 Å². The van der Waals surface area contributed by atoms with Crippen molar-refractivity contribution in [1.29, 1.82) is 0 Å². The van der Waals surface area contributed by atoms with E-state index in [-0.39, 0.29) is 0 Å². The van der Waals surface area contributed by atoms with Gasteiger partial charge in [-0.1, -0.05) is 22.0 Å². The summed E-state index contributed by atoms with van der Waals surface area (Å²) in [5.74, 6) is 0.238. The van der Waals surface area contributed by atoms with Crippen LogP contribution in [0.25, 0.3) is 16.6 Å². The molecule has 1 saturated carbocycles. The lowest BCUT2D eigenvalue weighted by Gasteiger charge is -2.05. The van der Waals surface area contributed by atoms with E-state index in [0.29, 0.717) is 11.6 Å². The molecule has 0 spiro atoms. The number of benzene rings is 1. The van der Waals surface area contributed by atoms with Gasteiger partial charge in [-0.3, -0.25) is 4.98 Å². The number of nitrogens with zero attached hydrogens (tertiary/aromatic N) is 3. The average Bonchev–Trinajstić information content (AvgIpc) is 3.31. The van der Waals surface area contributed by atoms with Gasteiger partial charge in [0, 0.05) is 10.7 Å². The molecule has 4 rings (SSSR count). The SMILES string of the molecule is COC(=O)c1nn(-c2cccc(Br)c2)c2ccnc(CC3CC3)c12. The smallest absolute Gasteiger partial charge is 0.359 e. The van der Waals surface area contributed by atoms with Gasteiger partial charge in [0.25, 0.3) is 0 Å². The van der Waals surface area contributed by atoms with Crippen LogP contribution in [-0.2, 0) is 11.2 Å². The van der Waals surface area contributed by atoms with Crippen LogP contribution < -0.4 is 0 Å². The summed E-state index contributed by atoms with van der Waals surface area (Å²) in [6.45, 7) is 0. The van der Waals surface area contributed by atoms with Crippen molar-refractivity contribution in [3.8, 4) is 5.69 Å². The van der Waals surface area contributed by atoms with E-state index in [2.05, 4.69) is 26.0 Å². The third-order valence-corrected chi connectivity index (χ3v) is 4.78. The third kappa shape index (κ3) is 2.71. The number of carbonyl (C=O) groups is 1. The van der Waals surface area contributed by atoms with Crippen molar-refractivity contribution in [2.45, 2.75) is 19.3 Å². The van der Waals surface area contributed by atoms with Gasteiger partial charge in [-0.2, -0.15) is 5.10 Å². The lowest BCUT2D eigenvalue weighted by atomic mass is 10.1. The van der Waals surface area contributed by atoms with Gasteiger partial charge in [0.15, 0.2) is 5.69 Å². The Balaban J connectivity index is 1.96. The van der Waals surface area contributed by atoms with Crippen LogP contribution in [0.4, 0.5) is 0 Å². The molecule has 6 heteroatoms. The molecule has 0 amide bonds. The van der Waals surface area contributed by atoms with Crippen LogP contribution >= 0.6 is 15.9 Å². The van der Waals surface area contributed by atoms with Crippen LogP contribution in [-0.4, -0.2) is 27.8 Å². The summed E-state index contributed by atoms with van der Waals surface area (Å²) < 4.78 is 7.68. The molecule has 0 bridgehead atoms. The maximum atomic E-state index is 12.3. The molecule has 3 aromatic rings. The highest BCUT2D eigenvalue weighted by molar-refractivity contribution is 9.10.